The molecule has 112 valence electrons. The number of aromatic nitrogens is 1. The monoisotopic (exact) mass is 384 g/mol. The number of hydrogen-bond acceptors (Lipinski definition) is 3. The minimum atomic E-state index is 0.110. The SMILES string of the molecule is CCNC(c1nc2c(s1)CCCC2)c1cc(Cl)ccc1Br. The van der Waals surface area contributed by atoms with Crippen LogP contribution in [0.2, 0.25) is 5.02 Å². The van der Waals surface area contributed by atoms with Gasteiger partial charge >= 0.3 is 0 Å². The zero-order valence-corrected chi connectivity index (χ0v) is 15.1. The highest BCUT2D eigenvalue weighted by molar-refractivity contribution is 9.10. The number of halogens is 2. The molecule has 1 heterocycles. The van der Waals surface area contributed by atoms with Gasteiger partial charge in [-0.1, -0.05) is 34.5 Å². The standard InChI is InChI=1S/C16H18BrClN2S/c1-2-19-15(11-9-10(18)7-8-12(11)17)16-20-13-5-3-4-6-14(13)21-16/h7-9,15,19H,2-6H2,1H3. The molecule has 0 fully saturated rings. The third-order valence-electron chi connectivity index (χ3n) is 3.79. The molecule has 2 aromatic rings. The van der Waals surface area contributed by atoms with Crippen molar-refractivity contribution in [3.63, 3.8) is 0 Å². The first kappa shape index (κ1) is 15.5. The molecule has 1 aromatic carbocycles. The van der Waals surface area contributed by atoms with Gasteiger partial charge in [-0.2, -0.15) is 0 Å². The zero-order chi connectivity index (χ0) is 14.8. The van der Waals surface area contributed by atoms with Crippen molar-refractivity contribution in [3.05, 3.63) is 48.8 Å². The van der Waals surface area contributed by atoms with Crippen LogP contribution in [-0.4, -0.2) is 11.5 Å². The van der Waals surface area contributed by atoms with Gasteiger partial charge in [0.2, 0.25) is 0 Å². The summed E-state index contributed by atoms with van der Waals surface area (Å²) in [5.41, 5.74) is 2.47. The van der Waals surface area contributed by atoms with Crippen LogP contribution in [0.5, 0.6) is 0 Å². The molecular weight excluding hydrogens is 368 g/mol. The smallest absolute Gasteiger partial charge is 0.115 e. The van der Waals surface area contributed by atoms with E-state index in [9.17, 15) is 0 Å². The van der Waals surface area contributed by atoms with E-state index in [1.807, 2.05) is 29.5 Å². The fourth-order valence-electron chi connectivity index (χ4n) is 2.77. The third kappa shape index (κ3) is 3.34. The maximum Gasteiger partial charge on any atom is 0.115 e. The topological polar surface area (TPSA) is 24.9 Å². The first-order valence-corrected chi connectivity index (χ1v) is 9.34. The van der Waals surface area contributed by atoms with E-state index >= 15 is 0 Å². The van der Waals surface area contributed by atoms with Crippen LogP contribution in [0, 0.1) is 0 Å². The van der Waals surface area contributed by atoms with Crippen molar-refractivity contribution in [1.82, 2.24) is 10.3 Å². The maximum atomic E-state index is 6.18. The number of nitrogens with one attached hydrogen (secondary N) is 1. The Labute approximate surface area is 143 Å². The van der Waals surface area contributed by atoms with Gasteiger partial charge in [0, 0.05) is 14.4 Å². The molecule has 21 heavy (non-hydrogen) atoms. The van der Waals surface area contributed by atoms with E-state index in [0.29, 0.717) is 0 Å². The Morgan fingerprint density at radius 2 is 2.19 bits per heavy atom. The molecule has 0 spiro atoms. The average molecular weight is 386 g/mol. The molecule has 1 aliphatic rings. The van der Waals surface area contributed by atoms with E-state index in [4.69, 9.17) is 16.6 Å². The van der Waals surface area contributed by atoms with E-state index in [0.717, 1.165) is 33.0 Å². The number of aryl methyl sites for hydroxylation is 2. The zero-order valence-electron chi connectivity index (χ0n) is 12.0. The molecular formula is C16H18BrClN2S. The molecule has 2 nitrogen and oxygen atoms in total. The van der Waals surface area contributed by atoms with Crippen LogP contribution in [0.15, 0.2) is 22.7 Å². The molecule has 1 N–H and O–H groups in total. The first-order chi connectivity index (χ1) is 10.2. The van der Waals surface area contributed by atoms with Crippen molar-refractivity contribution in [1.29, 1.82) is 0 Å². The highest BCUT2D eigenvalue weighted by atomic mass is 79.9. The van der Waals surface area contributed by atoms with Gasteiger partial charge in [-0.05, 0) is 56.0 Å². The molecule has 3 rings (SSSR count). The number of hydrogen-bond donors (Lipinski definition) is 1. The van der Waals surface area contributed by atoms with Crippen LogP contribution in [0.25, 0.3) is 0 Å². The molecule has 0 aliphatic heterocycles. The van der Waals surface area contributed by atoms with Crippen LogP contribution >= 0.6 is 38.9 Å². The Kier molecular flexibility index (Phi) is 4.99. The van der Waals surface area contributed by atoms with Crippen molar-refractivity contribution in [2.24, 2.45) is 0 Å². The Hall–Kier alpha value is -0.420. The lowest BCUT2D eigenvalue weighted by molar-refractivity contribution is 0.619. The van der Waals surface area contributed by atoms with E-state index in [-0.39, 0.29) is 6.04 Å². The Balaban J connectivity index is 2.01. The van der Waals surface area contributed by atoms with E-state index in [1.165, 1.54) is 29.8 Å². The summed E-state index contributed by atoms with van der Waals surface area (Å²) in [6.45, 7) is 3.02. The highest BCUT2D eigenvalue weighted by Gasteiger charge is 2.23. The van der Waals surface area contributed by atoms with Gasteiger partial charge in [0.05, 0.1) is 11.7 Å². The Morgan fingerprint density at radius 1 is 1.38 bits per heavy atom. The summed E-state index contributed by atoms with van der Waals surface area (Å²) in [4.78, 5) is 6.38. The molecule has 5 heteroatoms. The normalized spacial score (nSPS) is 15.8. The van der Waals surface area contributed by atoms with Gasteiger partial charge < -0.3 is 5.32 Å². The molecule has 1 unspecified atom stereocenters. The van der Waals surface area contributed by atoms with Crippen molar-refractivity contribution in [2.75, 3.05) is 6.54 Å². The van der Waals surface area contributed by atoms with Gasteiger partial charge in [-0.25, -0.2) is 4.98 Å². The number of rotatable bonds is 4. The van der Waals surface area contributed by atoms with Gasteiger partial charge in [-0.15, -0.1) is 11.3 Å². The van der Waals surface area contributed by atoms with Crippen molar-refractivity contribution in [2.45, 2.75) is 38.6 Å². The van der Waals surface area contributed by atoms with Crippen LogP contribution in [-0.2, 0) is 12.8 Å². The first-order valence-electron chi connectivity index (χ1n) is 7.36. The summed E-state index contributed by atoms with van der Waals surface area (Å²) in [5, 5.41) is 5.47. The largest absolute Gasteiger partial charge is 0.305 e. The summed E-state index contributed by atoms with van der Waals surface area (Å²) in [7, 11) is 0. The molecule has 0 bridgehead atoms. The van der Waals surface area contributed by atoms with Crippen LogP contribution in [0.3, 0.4) is 0 Å². The van der Waals surface area contributed by atoms with Gasteiger partial charge in [0.1, 0.15) is 5.01 Å². The summed E-state index contributed by atoms with van der Waals surface area (Å²) in [5.74, 6) is 0. The molecule has 1 aliphatic carbocycles. The second-order valence-electron chi connectivity index (χ2n) is 5.29. The number of benzene rings is 1. The van der Waals surface area contributed by atoms with Gasteiger partial charge in [0.25, 0.3) is 0 Å². The van der Waals surface area contributed by atoms with Crippen LogP contribution < -0.4 is 5.32 Å². The minimum absolute atomic E-state index is 0.110. The second-order valence-corrected chi connectivity index (χ2v) is 7.69. The molecule has 0 radical (unpaired) electrons. The predicted molar refractivity (Wildman–Crippen MR) is 93.4 cm³/mol. The van der Waals surface area contributed by atoms with Gasteiger partial charge in [0.15, 0.2) is 0 Å². The Morgan fingerprint density at radius 3 is 2.95 bits per heavy atom. The van der Waals surface area contributed by atoms with Gasteiger partial charge in [-0.3, -0.25) is 0 Å². The van der Waals surface area contributed by atoms with Crippen LogP contribution in [0.1, 0.15) is 46.9 Å². The molecule has 0 amide bonds. The van der Waals surface area contributed by atoms with E-state index in [2.05, 4.69) is 28.2 Å². The average Bonchev–Trinajstić information content (AvgIpc) is 2.91. The van der Waals surface area contributed by atoms with Crippen molar-refractivity contribution in [3.8, 4) is 0 Å². The molecule has 0 saturated carbocycles. The quantitative estimate of drug-likeness (QED) is 0.788. The van der Waals surface area contributed by atoms with Crippen LogP contribution in [0.4, 0.5) is 0 Å². The Bertz CT molecular complexity index is 618. The fraction of sp³-hybridized carbons (Fsp3) is 0.438. The number of thiazole rings is 1. The summed E-state index contributed by atoms with van der Waals surface area (Å²) in [6.07, 6.45) is 4.87. The molecule has 1 atom stereocenters. The maximum absolute atomic E-state index is 6.18. The number of fused-ring (bicyclic) bond motifs is 1. The summed E-state index contributed by atoms with van der Waals surface area (Å²) >= 11 is 11.7. The molecule has 1 aromatic heterocycles. The van der Waals surface area contributed by atoms with Crippen molar-refractivity contribution < 1.29 is 0 Å². The molecule has 0 saturated heterocycles. The number of nitrogens with zero attached hydrogens (tertiary/aromatic N) is 1. The van der Waals surface area contributed by atoms with E-state index in [1.54, 1.807) is 0 Å². The summed E-state index contributed by atoms with van der Waals surface area (Å²) in [6, 6.07) is 6.05. The lowest BCUT2D eigenvalue weighted by Crippen LogP contribution is -2.22. The minimum Gasteiger partial charge on any atom is -0.305 e. The predicted octanol–water partition coefficient (Wildman–Crippen LogP) is 5.14. The third-order valence-corrected chi connectivity index (χ3v) is 5.97. The summed E-state index contributed by atoms with van der Waals surface area (Å²) < 4.78 is 1.08. The van der Waals surface area contributed by atoms with E-state index < -0.39 is 0 Å². The van der Waals surface area contributed by atoms with Crippen molar-refractivity contribution >= 4 is 38.9 Å². The lowest BCUT2D eigenvalue weighted by Gasteiger charge is -2.17. The fourth-order valence-corrected chi connectivity index (χ4v) is 4.67. The lowest BCUT2D eigenvalue weighted by atomic mass is 10.0. The second kappa shape index (κ2) is 6.78. The highest BCUT2D eigenvalue weighted by Crippen LogP contribution is 2.36.